The largest absolute Gasteiger partial charge is 0.496 e. The molecule has 0 heterocycles. The standard InChI is InChI=1S/C15H14O3/c1-18-14-8-7-12(15(16)17)10-13(14)9-11-5-3-2-4-6-11/h2-8,10H,9H2,1H3,(H,16,17). The third-order valence-electron chi connectivity index (χ3n) is 2.76. The van der Waals surface area contributed by atoms with Crippen LogP contribution in [0.1, 0.15) is 21.5 Å². The molecular formula is C15H14O3. The van der Waals surface area contributed by atoms with E-state index in [1.54, 1.807) is 25.3 Å². The minimum Gasteiger partial charge on any atom is -0.496 e. The lowest BCUT2D eigenvalue weighted by Crippen LogP contribution is -2.00. The Kier molecular flexibility index (Phi) is 3.63. The molecule has 0 aliphatic heterocycles. The van der Waals surface area contributed by atoms with Gasteiger partial charge in [-0.05, 0) is 29.3 Å². The lowest BCUT2D eigenvalue weighted by molar-refractivity contribution is 0.0696. The average molecular weight is 242 g/mol. The van der Waals surface area contributed by atoms with Gasteiger partial charge in [0, 0.05) is 6.42 Å². The van der Waals surface area contributed by atoms with E-state index >= 15 is 0 Å². The smallest absolute Gasteiger partial charge is 0.335 e. The summed E-state index contributed by atoms with van der Waals surface area (Å²) in [5, 5.41) is 9.00. The number of ether oxygens (including phenoxy) is 1. The third kappa shape index (κ3) is 2.69. The van der Waals surface area contributed by atoms with Crippen molar-refractivity contribution in [2.75, 3.05) is 7.11 Å². The van der Waals surface area contributed by atoms with Gasteiger partial charge in [-0.25, -0.2) is 4.79 Å². The van der Waals surface area contributed by atoms with Gasteiger partial charge in [0.25, 0.3) is 0 Å². The number of methoxy groups -OCH3 is 1. The number of hydrogen-bond donors (Lipinski definition) is 1. The number of carbonyl (C=O) groups is 1. The molecule has 3 nitrogen and oxygen atoms in total. The van der Waals surface area contributed by atoms with Crippen LogP contribution in [0.15, 0.2) is 48.5 Å². The van der Waals surface area contributed by atoms with Crippen LogP contribution in [0.3, 0.4) is 0 Å². The fraction of sp³-hybridized carbons (Fsp3) is 0.133. The molecule has 3 heteroatoms. The summed E-state index contributed by atoms with van der Waals surface area (Å²) in [7, 11) is 1.59. The van der Waals surface area contributed by atoms with Gasteiger partial charge in [0.05, 0.1) is 12.7 Å². The van der Waals surface area contributed by atoms with E-state index in [9.17, 15) is 4.79 Å². The third-order valence-corrected chi connectivity index (χ3v) is 2.76. The van der Waals surface area contributed by atoms with Crippen molar-refractivity contribution in [3.63, 3.8) is 0 Å². The van der Waals surface area contributed by atoms with Crippen molar-refractivity contribution >= 4 is 5.97 Å². The molecule has 0 aliphatic carbocycles. The molecule has 0 bridgehead atoms. The molecule has 18 heavy (non-hydrogen) atoms. The van der Waals surface area contributed by atoms with E-state index in [1.165, 1.54) is 0 Å². The van der Waals surface area contributed by atoms with Gasteiger partial charge in [-0.2, -0.15) is 0 Å². The van der Waals surface area contributed by atoms with E-state index in [1.807, 2.05) is 30.3 Å². The van der Waals surface area contributed by atoms with Crippen LogP contribution in [0.5, 0.6) is 5.75 Å². The van der Waals surface area contributed by atoms with E-state index < -0.39 is 5.97 Å². The maximum Gasteiger partial charge on any atom is 0.335 e. The Labute approximate surface area is 106 Å². The first-order valence-corrected chi connectivity index (χ1v) is 5.65. The first kappa shape index (κ1) is 12.2. The summed E-state index contributed by atoms with van der Waals surface area (Å²) in [6.07, 6.45) is 0.658. The van der Waals surface area contributed by atoms with Crippen LogP contribution in [0.2, 0.25) is 0 Å². The van der Waals surface area contributed by atoms with Crippen molar-refractivity contribution in [1.29, 1.82) is 0 Å². The first-order chi connectivity index (χ1) is 8.70. The fourth-order valence-electron chi connectivity index (χ4n) is 1.87. The minimum atomic E-state index is -0.924. The molecule has 0 aliphatic rings. The van der Waals surface area contributed by atoms with E-state index in [0.29, 0.717) is 12.2 Å². The molecule has 0 atom stereocenters. The molecule has 0 fully saturated rings. The second kappa shape index (κ2) is 5.36. The molecule has 0 aromatic heterocycles. The quantitative estimate of drug-likeness (QED) is 0.896. The van der Waals surface area contributed by atoms with Crippen molar-refractivity contribution in [1.82, 2.24) is 0 Å². The topological polar surface area (TPSA) is 46.5 Å². The van der Waals surface area contributed by atoms with Gasteiger partial charge in [0.15, 0.2) is 0 Å². The Bertz CT molecular complexity index is 547. The maximum absolute atomic E-state index is 11.0. The van der Waals surface area contributed by atoms with Crippen LogP contribution in [-0.4, -0.2) is 18.2 Å². The second-order valence-electron chi connectivity index (χ2n) is 3.99. The summed E-state index contributed by atoms with van der Waals surface area (Å²) >= 11 is 0. The van der Waals surface area contributed by atoms with E-state index in [2.05, 4.69) is 0 Å². The van der Waals surface area contributed by atoms with Crippen molar-refractivity contribution in [2.45, 2.75) is 6.42 Å². The molecule has 1 N–H and O–H groups in total. The van der Waals surface area contributed by atoms with Gasteiger partial charge in [0.1, 0.15) is 5.75 Å². The number of carboxylic acids is 1. The van der Waals surface area contributed by atoms with Crippen LogP contribution in [-0.2, 0) is 6.42 Å². The van der Waals surface area contributed by atoms with Gasteiger partial charge in [0.2, 0.25) is 0 Å². The molecule has 2 aromatic rings. The SMILES string of the molecule is COc1ccc(C(=O)O)cc1Cc1ccccc1. The van der Waals surface area contributed by atoms with Crippen molar-refractivity contribution in [3.8, 4) is 5.75 Å². The molecule has 2 rings (SSSR count). The highest BCUT2D eigenvalue weighted by molar-refractivity contribution is 5.88. The molecule has 0 unspecified atom stereocenters. The molecule has 0 amide bonds. The van der Waals surface area contributed by atoms with Crippen molar-refractivity contribution in [3.05, 3.63) is 65.2 Å². The summed E-state index contributed by atoms with van der Waals surface area (Å²) in [6.45, 7) is 0. The zero-order valence-electron chi connectivity index (χ0n) is 10.1. The van der Waals surface area contributed by atoms with Gasteiger partial charge in [-0.1, -0.05) is 30.3 Å². The van der Waals surface area contributed by atoms with E-state index in [0.717, 1.165) is 11.1 Å². The summed E-state index contributed by atoms with van der Waals surface area (Å²) in [5.41, 5.74) is 2.28. The zero-order chi connectivity index (χ0) is 13.0. The van der Waals surface area contributed by atoms with Crippen LogP contribution in [0.4, 0.5) is 0 Å². The number of carboxylic acid groups (broad SMARTS) is 1. The van der Waals surface area contributed by atoms with Gasteiger partial charge in [-0.3, -0.25) is 0 Å². The lowest BCUT2D eigenvalue weighted by atomic mass is 10.0. The van der Waals surface area contributed by atoms with Crippen LogP contribution >= 0.6 is 0 Å². The van der Waals surface area contributed by atoms with Crippen molar-refractivity contribution in [2.24, 2.45) is 0 Å². The number of benzene rings is 2. The predicted octanol–water partition coefficient (Wildman–Crippen LogP) is 2.98. The first-order valence-electron chi connectivity index (χ1n) is 5.65. The molecule has 0 saturated heterocycles. The Morgan fingerprint density at radius 2 is 1.89 bits per heavy atom. The molecular weight excluding hydrogens is 228 g/mol. The summed E-state index contributed by atoms with van der Waals surface area (Å²) in [5.74, 6) is -0.212. The predicted molar refractivity (Wildman–Crippen MR) is 69.2 cm³/mol. The normalized spacial score (nSPS) is 10.1. The Morgan fingerprint density at radius 1 is 1.17 bits per heavy atom. The average Bonchev–Trinajstić information content (AvgIpc) is 2.39. The minimum absolute atomic E-state index is 0.279. The molecule has 0 radical (unpaired) electrons. The molecule has 92 valence electrons. The Hall–Kier alpha value is -2.29. The Balaban J connectivity index is 2.35. The number of aromatic carboxylic acids is 1. The highest BCUT2D eigenvalue weighted by Crippen LogP contribution is 2.23. The lowest BCUT2D eigenvalue weighted by Gasteiger charge is -2.09. The maximum atomic E-state index is 11.0. The van der Waals surface area contributed by atoms with Gasteiger partial charge >= 0.3 is 5.97 Å². The van der Waals surface area contributed by atoms with E-state index in [-0.39, 0.29) is 5.56 Å². The summed E-state index contributed by atoms with van der Waals surface area (Å²) in [6, 6.07) is 14.8. The van der Waals surface area contributed by atoms with Gasteiger partial charge in [-0.15, -0.1) is 0 Å². The van der Waals surface area contributed by atoms with Crippen LogP contribution in [0, 0.1) is 0 Å². The van der Waals surface area contributed by atoms with Gasteiger partial charge < -0.3 is 9.84 Å². The van der Waals surface area contributed by atoms with E-state index in [4.69, 9.17) is 9.84 Å². The van der Waals surface area contributed by atoms with Crippen LogP contribution in [0.25, 0.3) is 0 Å². The fourth-order valence-corrected chi connectivity index (χ4v) is 1.87. The molecule has 0 saturated carbocycles. The monoisotopic (exact) mass is 242 g/mol. The summed E-state index contributed by atoms with van der Waals surface area (Å²) < 4.78 is 5.26. The Morgan fingerprint density at radius 3 is 2.50 bits per heavy atom. The summed E-state index contributed by atoms with van der Waals surface area (Å²) in [4.78, 5) is 11.0. The molecule has 0 spiro atoms. The zero-order valence-corrected chi connectivity index (χ0v) is 10.1. The highest BCUT2D eigenvalue weighted by Gasteiger charge is 2.09. The number of rotatable bonds is 4. The second-order valence-corrected chi connectivity index (χ2v) is 3.99. The van der Waals surface area contributed by atoms with Crippen LogP contribution < -0.4 is 4.74 Å². The number of hydrogen-bond acceptors (Lipinski definition) is 2. The molecule has 2 aromatic carbocycles. The highest BCUT2D eigenvalue weighted by atomic mass is 16.5. The van der Waals surface area contributed by atoms with Crippen molar-refractivity contribution < 1.29 is 14.6 Å².